The first kappa shape index (κ1) is 16.6. The molecular weight excluding hydrogens is 305 g/mol. The van der Waals surface area contributed by atoms with Crippen molar-refractivity contribution in [2.45, 2.75) is 20.4 Å². The first-order chi connectivity index (χ1) is 7.54. The number of nitrogens with one attached hydrogen (secondary N) is 1. The smallest absolute Gasteiger partial charge is 0.172 e. The van der Waals surface area contributed by atoms with Gasteiger partial charge in [0.2, 0.25) is 0 Å². The van der Waals surface area contributed by atoms with Gasteiger partial charge in [-0.3, -0.25) is 0 Å². The summed E-state index contributed by atoms with van der Waals surface area (Å²) in [6.45, 7) is 6.08. The third kappa shape index (κ3) is 5.15. The van der Waals surface area contributed by atoms with Crippen LogP contribution in [0.15, 0.2) is 16.6 Å². The third-order valence-electron chi connectivity index (χ3n) is 2.19. The largest absolute Gasteiger partial charge is 0.503 e. The van der Waals surface area contributed by atoms with Crippen LogP contribution in [0.3, 0.4) is 0 Å². The number of phenols is 1. The molecule has 98 valence electrons. The van der Waals surface area contributed by atoms with E-state index in [4.69, 9.17) is 4.74 Å². The summed E-state index contributed by atoms with van der Waals surface area (Å²) in [6.07, 6.45) is 0. The summed E-state index contributed by atoms with van der Waals surface area (Å²) in [5.74, 6) is 1.27. The molecule has 0 radical (unpaired) electrons. The van der Waals surface area contributed by atoms with Crippen molar-refractivity contribution in [1.29, 1.82) is 0 Å². The van der Waals surface area contributed by atoms with Crippen molar-refractivity contribution in [3.8, 4) is 11.5 Å². The van der Waals surface area contributed by atoms with Crippen LogP contribution >= 0.6 is 28.3 Å². The Morgan fingerprint density at radius 1 is 1.41 bits per heavy atom. The van der Waals surface area contributed by atoms with Crippen LogP contribution in [-0.2, 0) is 6.54 Å². The molecule has 0 unspecified atom stereocenters. The monoisotopic (exact) mass is 323 g/mol. The van der Waals surface area contributed by atoms with Gasteiger partial charge in [0.15, 0.2) is 11.5 Å². The quantitative estimate of drug-likeness (QED) is 0.873. The van der Waals surface area contributed by atoms with E-state index in [1.165, 1.54) is 0 Å². The predicted octanol–water partition coefficient (Wildman–Crippen LogP) is 3.33. The summed E-state index contributed by atoms with van der Waals surface area (Å²) >= 11 is 3.30. The molecule has 5 heteroatoms. The van der Waals surface area contributed by atoms with Gasteiger partial charge in [0.1, 0.15) is 0 Å². The van der Waals surface area contributed by atoms with Crippen molar-refractivity contribution in [3.63, 3.8) is 0 Å². The van der Waals surface area contributed by atoms with Gasteiger partial charge in [-0.25, -0.2) is 0 Å². The maximum atomic E-state index is 9.64. The van der Waals surface area contributed by atoms with Crippen molar-refractivity contribution in [1.82, 2.24) is 5.32 Å². The first-order valence-corrected chi connectivity index (χ1v) is 6.10. The van der Waals surface area contributed by atoms with Gasteiger partial charge in [0.05, 0.1) is 11.6 Å². The average molecular weight is 325 g/mol. The summed E-state index contributed by atoms with van der Waals surface area (Å²) in [7, 11) is 1.55. The molecule has 0 aliphatic heterocycles. The van der Waals surface area contributed by atoms with Crippen molar-refractivity contribution >= 4 is 28.3 Å². The fraction of sp³-hybridized carbons (Fsp3) is 0.500. The second-order valence-corrected chi connectivity index (χ2v) is 5.01. The molecule has 1 aromatic rings. The number of phenolic OH excluding ortho intramolecular Hbond substituents is 1. The average Bonchev–Trinajstić information content (AvgIpc) is 2.22. The van der Waals surface area contributed by atoms with Crippen molar-refractivity contribution < 1.29 is 9.84 Å². The Balaban J connectivity index is 0.00000256. The molecule has 1 aromatic carbocycles. The van der Waals surface area contributed by atoms with Gasteiger partial charge in [0.25, 0.3) is 0 Å². The van der Waals surface area contributed by atoms with E-state index in [9.17, 15) is 5.11 Å². The number of aromatic hydroxyl groups is 1. The fourth-order valence-corrected chi connectivity index (χ4v) is 1.88. The standard InChI is InChI=1S/C12H18BrNO2.ClH/c1-8(2)6-14-7-9-4-10(13)12(15)11(5-9)16-3;/h4-5,8,14-15H,6-7H2,1-3H3;1H. The highest BCUT2D eigenvalue weighted by atomic mass is 79.9. The molecule has 17 heavy (non-hydrogen) atoms. The number of methoxy groups -OCH3 is 1. The second-order valence-electron chi connectivity index (χ2n) is 4.15. The number of halogens is 2. The van der Waals surface area contributed by atoms with Crippen LogP contribution in [0.25, 0.3) is 0 Å². The number of rotatable bonds is 5. The molecule has 0 saturated heterocycles. The Hall–Kier alpha value is -0.450. The van der Waals surface area contributed by atoms with Crippen LogP contribution in [-0.4, -0.2) is 18.8 Å². The minimum Gasteiger partial charge on any atom is -0.503 e. The normalized spacial score (nSPS) is 10.2. The molecule has 0 aliphatic rings. The molecule has 0 aliphatic carbocycles. The number of ether oxygens (including phenoxy) is 1. The van der Waals surface area contributed by atoms with Crippen LogP contribution in [0.2, 0.25) is 0 Å². The molecule has 0 bridgehead atoms. The van der Waals surface area contributed by atoms with E-state index in [2.05, 4.69) is 35.1 Å². The molecule has 0 saturated carbocycles. The Morgan fingerprint density at radius 2 is 2.06 bits per heavy atom. The number of hydrogen-bond acceptors (Lipinski definition) is 3. The first-order valence-electron chi connectivity index (χ1n) is 5.30. The minimum absolute atomic E-state index is 0. The molecule has 0 aromatic heterocycles. The van der Waals surface area contributed by atoms with E-state index in [1.54, 1.807) is 7.11 Å². The highest BCUT2D eigenvalue weighted by molar-refractivity contribution is 9.10. The van der Waals surface area contributed by atoms with Gasteiger partial charge in [-0.1, -0.05) is 13.8 Å². The Labute approximate surface area is 117 Å². The molecule has 3 nitrogen and oxygen atoms in total. The van der Waals surface area contributed by atoms with Crippen LogP contribution in [0.1, 0.15) is 19.4 Å². The molecule has 0 atom stereocenters. The summed E-state index contributed by atoms with van der Waals surface area (Å²) in [4.78, 5) is 0. The van der Waals surface area contributed by atoms with Crippen LogP contribution < -0.4 is 10.1 Å². The zero-order chi connectivity index (χ0) is 12.1. The Kier molecular flexibility index (Phi) is 7.59. The SMILES string of the molecule is COc1cc(CNCC(C)C)cc(Br)c1O.Cl. The zero-order valence-corrected chi connectivity index (χ0v) is 12.7. The van der Waals surface area contributed by atoms with E-state index in [1.807, 2.05) is 12.1 Å². The highest BCUT2D eigenvalue weighted by Crippen LogP contribution is 2.35. The fourth-order valence-electron chi connectivity index (χ4n) is 1.39. The van der Waals surface area contributed by atoms with E-state index in [0.29, 0.717) is 16.1 Å². The Bertz CT molecular complexity index is 359. The molecule has 0 spiro atoms. The Morgan fingerprint density at radius 3 is 2.59 bits per heavy atom. The maximum absolute atomic E-state index is 9.64. The van der Waals surface area contributed by atoms with Gasteiger partial charge in [-0.15, -0.1) is 12.4 Å². The number of benzene rings is 1. The lowest BCUT2D eigenvalue weighted by atomic mass is 10.2. The van der Waals surface area contributed by atoms with E-state index in [-0.39, 0.29) is 18.2 Å². The maximum Gasteiger partial charge on any atom is 0.172 e. The molecule has 2 N–H and O–H groups in total. The lowest BCUT2D eigenvalue weighted by molar-refractivity contribution is 0.371. The van der Waals surface area contributed by atoms with E-state index in [0.717, 1.165) is 18.7 Å². The lowest BCUT2D eigenvalue weighted by Crippen LogP contribution is -2.18. The van der Waals surface area contributed by atoms with Crippen molar-refractivity contribution in [2.24, 2.45) is 5.92 Å². The van der Waals surface area contributed by atoms with Crippen molar-refractivity contribution in [2.75, 3.05) is 13.7 Å². The molecular formula is C12H19BrClNO2. The number of hydrogen-bond donors (Lipinski definition) is 2. The van der Waals surface area contributed by atoms with Gasteiger partial charge >= 0.3 is 0 Å². The topological polar surface area (TPSA) is 41.5 Å². The highest BCUT2D eigenvalue weighted by Gasteiger charge is 2.08. The van der Waals surface area contributed by atoms with Gasteiger partial charge < -0.3 is 15.2 Å². The molecule has 0 heterocycles. The minimum atomic E-state index is 0. The summed E-state index contributed by atoms with van der Waals surface area (Å²) < 4.78 is 5.75. The van der Waals surface area contributed by atoms with Gasteiger partial charge in [0, 0.05) is 6.54 Å². The predicted molar refractivity (Wildman–Crippen MR) is 76.2 cm³/mol. The van der Waals surface area contributed by atoms with Crippen LogP contribution in [0.4, 0.5) is 0 Å². The zero-order valence-electron chi connectivity index (χ0n) is 10.3. The molecule has 0 amide bonds. The van der Waals surface area contributed by atoms with Gasteiger partial charge in [-0.05, 0) is 46.1 Å². The van der Waals surface area contributed by atoms with E-state index < -0.39 is 0 Å². The summed E-state index contributed by atoms with van der Waals surface area (Å²) in [5.41, 5.74) is 1.09. The summed E-state index contributed by atoms with van der Waals surface area (Å²) in [6, 6.07) is 3.73. The third-order valence-corrected chi connectivity index (χ3v) is 2.79. The van der Waals surface area contributed by atoms with E-state index >= 15 is 0 Å². The van der Waals surface area contributed by atoms with Crippen LogP contribution in [0, 0.1) is 5.92 Å². The second kappa shape index (κ2) is 7.80. The van der Waals surface area contributed by atoms with Crippen LogP contribution in [0.5, 0.6) is 11.5 Å². The van der Waals surface area contributed by atoms with Gasteiger partial charge in [-0.2, -0.15) is 0 Å². The molecule has 1 rings (SSSR count). The van der Waals surface area contributed by atoms with Crippen molar-refractivity contribution in [3.05, 3.63) is 22.2 Å². The molecule has 0 fully saturated rings. The lowest BCUT2D eigenvalue weighted by Gasteiger charge is -2.11. The summed E-state index contributed by atoms with van der Waals surface area (Å²) in [5, 5.41) is 13.0.